The fraction of sp³-hybridized carbons (Fsp3) is 0.887. The largest absolute Gasteiger partial charge is 0.472 e. The Balaban J connectivity index is 1.36. The van der Waals surface area contributed by atoms with Crippen molar-refractivity contribution in [3.8, 4) is 0 Å². The number of hydrogen-bond acceptors (Lipinski definition) is 29. The molecule has 3 saturated heterocycles. The molecule has 16 unspecified atom stereocenters. The van der Waals surface area contributed by atoms with Gasteiger partial charge in [0.1, 0.15) is 76.8 Å². The molecule has 39 heteroatoms. The third-order valence-corrected chi connectivity index (χ3v) is 23.6. The van der Waals surface area contributed by atoms with Crippen molar-refractivity contribution in [1.82, 2.24) is 42.5 Å². The molecular weight excluding hydrogens is 1520 g/mol. The highest BCUT2D eigenvalue weighted by Gasteiger charge is 2.48. The summed E-state index contributed by atoms with van der Waals surface area (Å²) >= 11 is 4.05. The van der Waals surface area contributed by atoms with Crippen LogP contribution in [0.4, 0.5) is 0 Å². The van der Waals surface area contributed by atoms with Gasteiger partial charge in [0.05, 0.1) is 89.3 Å². The van der Waals surface area contributed by atoms with Crippen molar-refractivity contribution in [3.05, 3.63) is 0 Å². The molecule has 0 radical (unpaired) electrons. The van der Waals surface area contributed by atoms with Crippen LogP contribution in [0.15, 0.2) is 0 Å². The standard InChI is InChI=1S/C71H129N8O27PS3/c1-45(83)75-57-63(94)60(91)49(38-80)102-66(57)108-35-17-11-8-14-29-72-52(86)26-32-99-42-71(79-56(90)25-21-24-55(89)78-69(4,5)41-70(6,7)106-107(97,98)105-48-22-20-23-48,43-100-33-27-53(87)73-30-15-9-12-18-36-109-67-58(76-46(2)84)64(95)61(92)50(39-81)103-67)44-101-34-28-54(88)74-31-16-10-13-19-37-110-68-59(77-47(3)85)65(96)62(93)51(40-82)104-68/h48-51,57-68,80-82,91-96H,8-44H2,1-7H3,(H,72,86)(H,73,87)(H,74,88)(H,75,83)(H,76,84)(H,77,85)(H,78,89)(H,79,90)(H,97,98). The van der Waals surface area contributed by atoms with Crippen molar-refractivity contribution in [3.63, 3.8) is 0 Å². The van der Waals surface area contributed by atoms with Crippen molar-refractivity contribution in [2.45, 2.75) is 302 Å². The first-order chi connectivity index (χ1) is 52.1. The van der Waals surface area contributed by atoms with Gasteiger partial charge in [0.25, 0.3) is 0 Å². The van der Waals surface area contributed by atoms with Crippen LogP contribution in [0.3, 0.4) is 0 Å². The molecule has 110 heavy (non-hydrogen) atoms. The number of ether oxygens (including phenoxy) is 6. The van der Waals surface area contributed by atoms with E-state index in [0.717, 1.165) is 64.2 Å². The number of nitrogens with one attached hydrogen (secondary N) is 8. The maximum absolute atomic E-state index is 14.1. The molecule has 4 aliphatic rings. The van der Waals surface area contributed by atoms with Crippen molar-refractivity contribution >= 4 is 90.4 Å². The number of carbonyl (C=O) groups excluding carboxylic acids is 8. The van der Waals surface area contributed by atoms with Crippen molar-refractivity contribution in [2.24, 2.45) is 0 Å². The number of aliphatic hydroxyl groups excluding tert-OH is 9. The quantitative estimate of drug-likeness (QED) is 0.0282. The number of rotatable bonds is 57. The molecule has 8 amide bonds. The molecule has 35 nitrogen and oxygen atoms in total. The third-order valence-electron chi connectivity index (χ3n) is 18.6. The van der Waals surface area contributed by atoms with E-state index in [4.69, 9.17) is 37.5 Å². The van der Waals surface area contributed by atoms with Crippen LogP contribution >= 0.6 is 43.1 Å². The zero-order valence-electron chi connectivity index (χ0n) is 65.0. The summed E-state index contributed by atoms with van der Waals surface area (Å²) in [5.74, 6) is -1.34. The van der Waals surface area contributed by atoms with Crippen LogP contribution in [0.25, 0.3) is 0 Å². The average molecular weight is 1650 g/mol. The molecule has 0 bridgehead atoms. The van der Waals surface area contributed by atoms with Gasteiger partial charge >= 0.3 is 7.82 Å². The van der Waals surface area contributed by atoms with E-state index in [9.17, 15) is 93.8 Å². The summed E-state index contributed by atoms with van der Waals surface area (Å²) in [6.45, 7) is 8.98. The number of phosphoric acid groups is 1. The van der Waals surface area contributed by atoms with Crippen molar-refractivity contribution in [2.75, 3.05) is 96.4 Å². The van der Waals surface area contributed by atoms with Crippen molar-refractivity contribution < 1.29 is 131 Å². The lowest BCUT2D eigenvalue weighted by molar-refractivity contribution is -0.173. The molecule has 4 fully saturated rings. The highest BCUT2D eigenvalue weighted by Crippen LogP contribution is 2.52. The summed E-state index contributed by atoms with van der Waals surface area (Å²) < 4.78 is 59.6. The Kier molecular flexibility index (Phi) is 46.7. The van der Waals surface area contributed by atoms with Gasteiger partial charge in [-0.1, -0.05) is 38.5 Å². The molecule has 18 N–H and O–H groups in total. The number of carbonyl (C=O) groups is 8. The normalized spacial score (nSPS) is 26.2. The minimum absolute atomic E-state index is 0.0693. The Morgan fingerprint density at radius 3 is 1.08 bits per heavy atom. The second-order valence-electron chi connectivity index (χ2n) is 29.9. The highest BCUT2D eigenvalue weighted by molar-refractivity contribution is 8.00. The monoisotopic (exact) mass is 1650 g/mol. The maximum atomic E-state index is 14.1. The number of phosphoric ester groups is 1. The molecule has 16 atom stereocenters. The molecular formula is C71H129N8O27PS3. The van der Waals surface area contributed by atoms with Crippen molar-refractivity contribution in [1.29, 1.82) is 0 Å². The van der Waals surface area contributed by atoms with E-state index in [2.05, 4.69) is 42.5 Å². The predicted octanol–water partition coefficient (Wildman–Crippen LogP) is 0.0419. The molecule has 4 rings (SSSR count). The summed E-state index contributed by atoms with van der Waals surface area (Å²) in [7, 11) is -4.41. The Bertz CT molecular complexity index is 2590. The van der Waals surface area contributed by atoms with Crippen LogP contribution < -0.4 is 42.5 Å². The van der Waals surface area contributed by atoms with E-state index in [-0.39, 0.29) is 108 Å². The number of aliphatic hydroxyl groups is 9. The third kappa shape index (κ3) is 38.4. The SMILES string of the molecule is CC(=O)NC1C(SCCCCCCNC(=O)CCOCC(COCCC(=O)NCCCCCCSC2OC(CO)C(O)C(O)C2NC(C)=O)(COCCC(=O)NCCCCCCSC2OC(CO)C(O)C(O)C2NC(C)=O)NC(=O)CCCC(=O)NC(C)(C)CC(C)(C)OP(=O)(O)OC2CCC2)OC(CO)C(O)C1O. The number of amides is 8. The summed E-state index contributed by atoms with van der Waals surface area (Å²) in [4.78, 5) is 113. The fourth-order valence-electron chi connectivity index (χ4n) is 13.0. The van der Waals surface area contributed by atoms with E-state index in [0.29, 0.717) is 69.0 Å². The second kappa shape index (κ2) is 52.1. The van der Waals surface area contributed by atoms with E-state index in [1.54, 1.807) is 27.7 Å². The molecule has 0 aromatic heterocycles. The van der Waals surface area contributed by atoms with E-state index >= 15 is 0 Å². The second-order valence-corrected chi connectivity index (χ2v) is 34.8. The van der Waals surface area contributed by atoms with Crippen LogP contribution in [0.1, 0.15) is 190 Å². The number of thioether (sulfide) groups is 3. The van der Waals surface area contributed by atoms with E-state index < -0.39 is 163 Å². The molecule has 1 saturated carbocycles. The summed E-state index contributed by atoms with van der Waals surface area (Å²) in [5, 5.41) is 115. The molecule has 0 spiro atoms. The maximum Gasteiger partial charge on any atom is 0.472 e. The molecule has 638 valence electrons. The molecule has 3 aliphatic heterocycles. The minimum atomic E-state index is -4.41. The van der Waals surface area contributed by atoms with Gasteiger partial charge in [-0.2, -0.15) is 0 Å². The lowest BCUT2D eigenvalue weighted by Gasteiger charge is -2.42. The highest BCUT2D eigenvalue weighted by atomic mass is 32.2. The summed E-state index contributed by atoms with van der Waals surface area (Å²) in [5.41, 5.74) is -5.73. The first-order valence-electron chi connectivity index (χ1n) is 38.5. The van der Waals surface area contributed by atoms with Gasteiger partial charge in [-0.05, 0) is 116 Å². The summed E-state index contributed by atoms with van der Waals surface area (Å²) in [6, 6.07) is -2.65. The van der Waals surface area contributed by atoms with E-state index in [1.807, 2.05) is 0 Å². The lowest BCUT2D eigenvalue weighted by Crippen LogP contribution is -2.63. The zero-order chi connectivity index (χ0) is 81.5. The Hall–Kier alpha value is -3.68. The smallest absolute Gasteiger partial charge is 0.394 e. The first kappa shape index (κ1) is 98.7. The Morgan fingerprint density at radius 2 is 0.773 bits per heavy atom. The van der Waals surface area contributed by atoms with Gasteiger partial charge in [0.2, 0.25) is 47.3 Å². The minimum Gasteiger partial charge on any atom is -0.394 e. The summed E-state index contributed by atoms with van der Waals surface area (Å²) in [6.07, 6.45) is -0.940. The van der Waals surface area contributed by atoms with Gasteiger partial charge in [-0.15, -0.1) is 35.3 Å². The van der Waals surface area contributed by atoms with Gasteiger partial charge in [-0.3, -0.25) is 47.4 Å². The Morgan fingerprint density at radius 1 is 0.445 bits per heavy atom. The molecule has 1 aliphatic carbocycles. The number of unbranched alkanes of at least 4 members (excludes halogenated alkanes) is 9. The average Bonchev–Trinajstić information content (AvgIpc) is 0.821. The fourth-order valence-corrected chi connectivity index (χ4v) is 18.1. The first-order valence-corrected chi connectivity index (χ1v) is 43.2. The molecule has 0 aromatic rings. The Labute approximate surface area is 659 Å². The topological polar surface area (TPSA) is 526 Å². The van der Waals surface area contributed by atoms with Crippen LogP contribution in [-0.2, 0) is 80.4 Å². The van der Waals surface area contributed by atoms with Crippen LogP contribution in [0.2, 0.25) is 0 Å². The number of hydrogen-bond donors (Lipinski definition) is 18. The lowest BCUT2D eigenvalue weighted by atomic mass is 9.89. The van der Waals surface area contributed by atoms with E-state index in [1.165, 1.54) is 56.1 Å². The van der Waals surface area contributed by atoms with Gasteiger partial charge in [-0.25, -0.2) is 4.57 Å². The van der Waals surface area contributed by atoms with Gasteiger partial charge < -0.3 is 122 Å². The molecule has 0 aromatic carbocycles. The predicted molar refractivity (Wildman–Crippen MR) is 409 cm³/mol. The zero-order valence-corrected chi connectivity index (χ0v) is 68.3. The van der Waals surface area contributed by atoms with Gasteiger partial charge in [0, 0.05) is 78.0 Å². The van der Waals surface area contributed by atoms with Gasteiger partial charge in [0.15, 0.2) is 0 Å². The van der Waals surface area contributed by atoms with Crippen LogP contribution in [0.5, 0.6) is 0 Å². The molecule has 3 heterocycles. The van der Waals surface area contributed by atoms with Crippen LogP contribution in [0, 0.1) is 0 Å². The van der Waals surface area contributed by atoms with Crippen LogP contribution in [-0.4, -0.2) is 307 Å².